The second-order valence-electron chi connectivity index (χ2n) is 6.22. The maximum Gasteiger partial charge on any atom is 0.244 e. The lowest BCUT2D eigenvalue weighted by Crippen LogP contribution is -2.27. The van der Waals surface area contributed by atoms with Gasteiger partial charge in [0.05, 0.1) is 16.7 Å². The first-order valence-electron chi connectivity index (χ1n) is 8.80. The maximum atomic E-state index is 13.7. The normalized spacial score (nSPS) is 12.3. The molecule has 3 nitrogen and oxygen atoms in total. The smallest absolute Gasteiger partial charge is 0.244 e. The molecule has 0 aliphatic carbocycles. The van der Waals surface area contributed by atoms with E-state index in [1.54, 1.807) is 12.1 Å². The highest BCUT2D eigenvalue weighted by molar-refractivity contribution is 7.09. The van der Waals surface area contributed by atoms with E-state index in [9.17, 15) is 9.18 Å². The molecule has 0 spiro atoms. The van der Waals surface area contributed by atoms with Crippen LogP contribution < -0.4 is 5.32 Å². The van der Waals surface area contributed by atoms with Crippen molar-refractivity contribution in [3.63, 3.8) is 0 Å². The first-order chi connectivity index (χ1) is 13.0. The third kappa shape index (κ3) is 5.11. The van der Waals surface area contributed by atoms with E-state index in [-0.39, 0.29) is 11.7 Å². The van der Waals surface area contributed by atoms with Crippen molar-refractivity contribution in [2.45, 2.75) is 26.3 Å². The topological polar surface area (TPSA) is 42.0 Å². The average Bonchev–Trinajstić information content (AvgIpc) is 3.10. The van der Waals surface area contributed by atoms with Gasteiger partial charge in [-0.15, -0.1) is 11.3 Å². The Bertz CT molecular complexity index is 947. The van der Waals surface area contributed by atoms with Gasteiger partial charge in [-0.1, -0.05) is 43.3 Å². The molecule has 138 valence electrons. The molecule has 1 heterocycles. The number of aryl methyl sites for hydroxylation is 2. The summed E-state index contributed by atoms with van der Waals surface area (Å²) in [6.07, 6.45) is 4.08. The van der Waals surface area contributed by atoms with Crippen molar-refractivity contribution >= 4 is 23.3 Å². The average molecular weight is 380 g/mol. The van der Waals surface area contributed by atoms with Crippen LogP contribution in [0.25, 0.3) is 6.08 Å². The monoisotopic (exact) mass is 380 g/mol. The van der Waals surface area contributed by atoms with Gasteiger partial charge in [-0.2, -0.15) is 0 Å². The number of hydrogen-bond donors (Lipinski definition) is 1. The van der Waals surface area contributed by atoms with Crippen LogP contribution in [0.3, 0.4) is 0 Å². The molecule has 0 fully saturated rings. The Balaban J connectivity index is 1.84. The Morgan fingerprint density at radius 2 is 2.00 bits per heavy atom. The van der Waals surface area contributed by atoms with Crippen LogP contribution in [0.5, 0.6) is 0 Å². The molecule has 0 saturated carbocycles. The molecule has 3 rings (SSSR count). The van der Waals surface area contributed by atoms with E-state index >= 15 is 0 Å². The minimum Gasteiger partial charge on any atom is -0.342 e. The lowest BCUT2D eigenvalue weighted by Gasteiger charge is -2.19. The number of nitrogens with one attached hydrogen (secondary N) is 1. The fraction of sp³-hybridized carbons (Fsp3) is 0.182. The summed E-state index contributed by atoms with van der Waals surface area (Å²) in [5.74, 6) is -0.583. The van der Waals surface area contributed by atoms with Crippen molar-refractivity contribution in [3.8, 4) is 0 Å². The minimum atomic E-state index is -0.430. The number of nitrogens with zero attached hydrogens (tertiary/aromatic N) is 1. The van der Waals surface area contributed by atoms with Gasteiger partial charge >= 0.3 is 0 Å². The highest BCUT2D eigenvalue weighted by atomic mass is 32.1. The summed E-state index contributed by atoms with van der Waals surface area (Å²) >= 11 is 1.53. The van der Waals surface area contributed by atoms with Gasteiger partial charge in [-0.05, 0) is 48.2 Å². The zero-order chi connectivity index (χ0) is 19.2. The van der Waals surface area contributed by atoms with E-state index in [4.69, 9.17) is 0 Å². The molecule has 0 unspecified atom stereocenters. The highest BCUT2D eigenvalue weighted by Gasteiger charge is 2.16. The predicted octanol–water partition coefficient (Wildman–Crippen LogP) is 5.07. The van der Waals surface area contributed by atoms with Crippen LogP contribution in [0.4, 0.5) is 4.39 Å². The zero-order valence-corrected chi connectivity index (χ0v) is 16.1. The van der Waals surface area contributed by atoms with E-state index in [2.05, 4.69) is 17.2 Å². The van der Waals surface area contributed by atoms with Crippen LogP contribution in [0.2, 0.25) is 0 Å². The van der Waals surface area contributed by atoms with Gasteiger partial charge in [0.25, 0.3) is 0 Å². The van der Waals surface area contributed by atoms with Crippen molar-refractivity contribution < 1.29 is 9.18 Å². The summed E-state index contributed by atoms with van der Waals surface area (Å²) < 4.78 is 13.7. The maximum absolute atomic E-state index is 13.7. The number of amides is 1. The Labute approximate surface area is 162 Å². The summed E-state index contributed by atoms with van der Waals surface area (Å²) in [6.45, 7) is 4.01. The number of hydrogen-bond acceptors (Lipinski definition) is 3. The molecule has 1 amide bonds. The lowest BCUT2D eigenvalue weighted by molar-refractivity contribution is -0.116. The molecule has 1 N–H and O–H groups in total. The van der Waals surface area contributed by atoms with E-state index in [0.717, 1.165) is 22.7 Å². The van der Waals surface area contributed by atoms with Gasteiger partial charge in [0.15, 0.2) is 0 Å². The number of carbonyl (C=O) groups is 1. The molecule has 1 atom stereocenters. The minimum absolute atomic E-state index is 0.255. The van der Waals surface area contributed by atoms with Crippen LogP contribution in [0, 0.1) is 12.7 Å². The number of benzene rings is 2. The second-order valence-corrected chi connectivity index (χ2v) is 7.28. The number of carbonyl (C=O) groups excluding carboxylic acids is 1. The number of halogens is 1. The molecule has 5 heteroatoms. The Hall–Kier alpha value is -2.79. The molecule has 0 radical (unpaired) electrons. The van der Waals surface area contributed by atoms with Crippen molar-refractivity contribution in [1.82, 2.24) is 10.3 Å². The van der Waals surface area contributed by atoms with Gasteiger partial charge < -0.3 is 5.32 Å². The number of thiazole rings is 1. The molecule has 0 aliphatic heterocycles. The Morgan fingerprint density at radius 3 is 2.63 bits per heavy atom. The van der Waals surface area contributed by atoms with Crippen molar-refractivity contribution in [1.29, 1.82) is 0 Å². The number of aromatic nitrogens is 1. The van der Waals surface area contributed by atoms with Gasteiger partial charge in [-0.3, -0.25) is 4.79 Å². The van der Waals surface area contributed by atoms with Gasteiger partial charge in [0.1, 0.15) is 5.82 Å². The largest absolute Gasteiger partial charge is 0.342 e. The fourth-order valence-electron chi connectivity index (χ4n) is 2.80. The summed E-state index contributed by atoms with van der Waals surface area (Å²) in [5, 5.41) is 5.82. The zero-order valence-electron chi connectivity index (χ0n) is 15.3. The molecule has 2 aromatic carbocycles. The first-order valence-corrected chi connectivity index (χ1v) is 9.68. The lowest BCUT2D eigenvalue weighted by atomic mass is 9.97. The van der Waals surface area contributed by atoms with Gasteiger partial charge in [-0.25, -0.2) is 9.37 Å². The second kappa shape index (κ2) is 8.73. The van der Waals surface area contributed by atoms with Crippen LogP contribution in [-0.2, 0) is 11.2 Å². The predicted molar refractivity (Wildman–Crippen MR) is 108 cm³/mol. The summed E-state index contributed by atoms with van der Waals surface area (Å²) in [6, 6.07) is 13.9. The van der Waals surface area contributed by atoms with E-state index in [1.165, 1.54) is 35.1 Å². The third-order valence-electron chi connectivity index (χ3n) is 4.23. The molecule has 27 heavy (non-hydrogen) atoms. The van der Waals surface area contributed by atoms with E-state index in [0.29, 0.717) is 5.56 Å². The highest BCUT2D eigenvalue weighted by Crippen LogP contribution is 2.23. The molecule has 1 aromatic heterocycles. The molecule has 0 aliphatic rings. The molecule has 0 saturated heterocycles. The van der Waals surface area contributed by atoms with Gasteiger partial charge in [0, 0.05) is 11.5 Å². The summed E-state index contributed by atoms with van der Waals surface area (Å²) in [4.78, 5) is 16.8. The molecular weight excluding hydrogens is 359 g/mol. The Morgan fingerprint density at radius 1 is 1.22 bits per heavy atom. The van der Waals surface area contributed by atoms with Crippen LogP contribution in [-0.4, -0.2) is 10.9 Å². The van der Waals surface area contributed by atoms with Gasteiger partial charge in [0.2, 0.25) is 5.91 Å². The van der Waals surface area contributed by atoms with Crippen LogP contribution in [0.1, 0.15) is 40.4 Å². The third-order valence-corrected chi connectivity index (χ3v) is 5.02. The van der Waals surface area contributed by atoms with E-state index < -0.39 is 6.04 Å². The molecular formula is C22H21FN2OS. The molecule has 0 bridgehead atoms. The Kier molecular flexibility index (Phi) is 6.14. The first kappa shape index (κ1) is 19.0. The number of rotatable bonds is 6. The van der Waals surface area contributed by atoms with Crippen LogP contribution in [0.15, 0.2) is 60.0 Å². The van der Waals surface area contributed by atoms with Crippen LogP contribution >= 0.6 is 11.3 Å². The summed E-state index contributed by atoms with van der Waals surface area (Å²) in [7, 11) is 0. The quantitative estimate of drug-likeness (QED) is 0.607. The van der Waals surface area contributed by atoms with E-state index in [1.807, 2.05) is 42.6 Å². The molecule has 3 aromatic rings. The van der Waals surface area contributed by atoms with Crippen molar-refractivity contribution in [3.05, 3.63) is 93.2 Å². The summed E-state index contributed by atoms with van der Waals surface area (Å²) in [5.41, 5.74) is 3.57. The fourth-order valence-corrected chi connectivity index (χ4v) is 3.38. The van der Waals surface area contributed by atoms with Crippen molar-refractivity contribution in [2.75, 3.05) is 0 Å². The SMILES string of the molecule is CCc1ccc([C@@H](NC(=O)/C=C/c2csc(C)n2)c2cccc(F)c2)cc1. The van der Waals surface area contributed by atoms with Crippen molar-refractivity contribution in [2.24, 2.45) is 0 Å². The standard InChI is InChI=1S/C22H21FN2OS/c1-3-16-7-9-17(10-8-16)22(18-5-4-6-19(23)13-18)25-21(26)12-11-20-14-27-15(2)24-20/h4-14,22H,3H2,1-2H3,(H,25,26)/b12-11+/t22-/m1/s1.